The molecule has 1 aliphatic rings. The summed E-state index contributed by atoms with van der Waals surface area (Å²) in [7, 11) is 0. The summed E-state index contributed by atoms with van der Waals surface area (Å²) in [4.78, 5) is 24.7. The van der Waals surface area contributed by atoms with Crippen LogP contribution in [0.15, 0.2) is 30.3 Å². The molecule has 0 radical (unpaired) electrons. The second kappa shape index (κ2) is 6.91. The molecule has 0 saturated carbocycles. The summed E-state index contributed by atoms with van der Waals surface area (Å²) in [6.45, 7) is 1.37. The third kappa shape index (κ3) is 3.96. The summed E-state index contributed by atoms with van der Waals surface area (Å²) in [6, 6.07) is 9.42. The van der Waals surface area contributed by atoms with E-state index in [0.717, 1.165) is 12.0 Å². The lowest BCUT2D eigenvalue weighted by Crippen LogP contribution is -2.40. The first-order chi connectivity index (χ1) is 9.69. The molecule has 2 rings (SSSR count). The molecular formula is C14H19N3O3. The highest BCUT2D eigenvalue weighted by Crippen LogP contribution is 2.09. The third-order valence-electron chi connectivity index (χ3n) is 3.25. The van der Waals surface area contributed by atoms with Gasteiger partial charge >= 0.3 is 6.09 Å². The van der Waals surface area contributed by atoms with E-state index in [4.69, 9.17) is 10.5 Å². The minimum absolute atomic E-state index is 0.00513. The van der Waals surface area contributed by atoms with Gasteiger partial charge in [-0.2, -0.15) is 0 Å². The number of carbonyl (C=O) groups excluding carboxylic acids is 2. The van der Waals surface area contributed by atoms with Crippen LogP contribution in [-0.2, 0) is 16.1 Å². The average Bonchev–Trinajstić information content (AvgIpc) is 2.94. The Morgan fingerprint density at radius 3 is 2.80 bits per heavy atom. The molecule has 0 unspecified atom stereocenters. The number of benzene rings is 1. The number of ether oxygens (including phenoxy) is 1. The van der Waals surface area contributed by atoms with Gasteiger partial charge in [-0.15, -0.1) is 0 Å². The number of rotatable bonds is 4. The average molecular weight is 277 g/mol. The van der Waals surface area contributed by atoms with Crippen LogP contribution < -0.4 is 11.1 Å². The highest BCUT2D eigenvalue weighted by atomic mass is 16.5. The fourth-order valence-electron chi connectivity index (χ4n) is 2.17. The van der Waals surface area contributed by atoms with E-state index in [1.165, 1.54) is 0 Å². The van der Waals surface area contributed by atoms with E-state index >= 15 is 0 Å². The van der Waals surface area contributed by atoms with Gasteiger partial charge in [0, 0.05) is 13.1 Å². The molecule has 1 aromatic carbocycles. The Hall–Kier alpha value is -2.08. The maximum atomic E-state index is 11.7. The van der Waals surface area contributed by atoms with E-state index in [1.807, 2.05) is 30.3 Å². The van der Waals surface area contributed by atoms with Crippen LogP contribution in [0.3, 0.4) is 0 Å². The van der Waals surface area contributed by atoms with E-state index in [-0.39, 0.29) is 25.1 Å². The van der Waals surface area contributed by atoms with Gasteiger partial charge in [-0.3, -0.25) is 4.79 Å². The van der Waals surface area contributed by atoms with Crippen molar-refractivity contribution >= 4 is 12.0 Å². The van der Waals surface area contributed by atoms with Crippen LogP contribution in [0.2, 0.25) is 0 Å². The zero-order valence-electron chi connectivity index (χ0n) is 11.2. The number of hydrogen-bond donors (Lipinski definition) is 2. The molecule has 1 heterocycles. The molecule has 1 saturated heterocycles. The van der Waals surface area contributed by atoms with E-state index < -0.39 is 6.09 Å². The van der Waals surface area contributed by atoms with Gasteiger partial charge in [0.25, 0.3) is 0 Å². The SMILES string of the molecule is NCC(=O)N1CC[C@@H](NC(=O)OCc2ccccc2)C1. The number of likely N-dealkylation sites (tertiary alicyclic amines) is 1. The summed E-state index contributed by atoms with van der Waals surface area (Å²) in [5.74, 6) is -0.0908. The second-order valence-electron chi connectivity index (χ2n) is 4.74. The summed E-state index contributed by atoms with van der Waals surface area (Å²) >= 11 is 0. The molecule has 20 heavy (non-hydrogen) atoms. The Kier molecular flexibility index (Phi) is 4.95. The number of nitrogens with two attached hydrogens (primary N) is 1. The highest BCUT2D eigenvalue weighted by molar-refractivity contribution is 5.78. The van der Waals surface area contributed by atoms with Crippen molar-refractivity contribution in [3.8, 4) is 0 Å². The van der Waals surface area contributed by atoms with Crippen molar-refractivity contribution in [1.82, 2.24) is 10.2 Å². The van der Waals surface area contributed by atoms with Gasteiger partial charge in [0.05, 0.1) is 12.6 Å². The smallest absolute Gasteiger partial charge is 0.407 e. The first-order valence-electron chi connectivity index (χ1n) is 6.64. The minimum atomic E-state index is -0.457. The van der Waals surface area contributed by atoms with Gasteiger partial charge in [-0.25, -0.2) is 4.79 Å². The molecule has 6 heteroatoms. The fraction of sp³-hybridized carbons (Fsp3) is 0.429. The van der Waals surface area contributed by atoms with Crippen molar-refractivity contribution in [2.75, 3.05) is 19.6 Å². The monoisotopic (exact) mass is 277 g/mol. The maximum absolute atomic E-state index is 11.7. The van der Waals surface area contributed by atoms with Crippen molar-refractivity contribution in [1.29, 1.82) is 0 Å². The molecule has 3 N–H and O–H groups in total. The van der Waals surface area contributed by atoms with Gasteiger partial charge in [0.1, 0.15) is 6.61 Å². The molecule has 1 atom stereocenters. The lowest BCUT2D eigenvalue weighted by Gasteiger charge is -2.16. The standard InChI is InChI=1S/C14H19N3O3/c15-8-13(18)17-7-6-12(9-17)16-14(19)20-10-11-4-2-1-3-5-11/h1-5,12H,6-10,15H2,(H,16,19)/t12-/m1/s1. The number of carbonyl (C=O) groups is 2. The molecule has 1 aliphatic heterocycles. The number of nitrogens with one attached hydrogen (secondary N) is 1. The van der Waals surface area contributed by atoms with Gasteiger partial charge in [-0.05, 0) is 12.0 Å². The maximum Gasteiger partial charge on any atom is 0.407 e. The lowest BCUT2D eigenvalue weighted by molar-refractivity contribution is -0.128. The van der Waals surface area contributed by atoms with Crippen molar-refractivity contribution in [3.63, 3.8) is 0 Å². The Balaban J connectivity index is 1.72. The van der Waals surface area contributed by atoms with E-state index in [2.05, 4.69) is 5.32 Å². The van der Waals surface area contributed by atoms with Crippen LogP contribution >= 0.6 is 0 Å². The molecule has 1 fully saturated rings. The van der Waals surface area contributed by atoms with Gasteiger partial charge in [0.15, 0.2) is 0 Å². The molecule has 0 aromatic heterocycles. The first kappa shape index (κ1) is 14.3. The van der Waals surface area contributed by atoms with Crippen LogP contribution in [-0.4, -0.2) is 42.6 Å². The third-order valence-corrected chi connectivity index (χ3v) is 3.25. The Morgan fingerprint density at radius 1 is 1.35 bits per heavy atom. The van der Waals surface area contributed by atoms with Gasteiger partial charge < -0.3 is 20.7 Å². The van der Waals surface area contributed by atoms with Gasteiger partial charge in [-0.1, -0.05) is 30.3 Å². The molecule has 0 spiro atoms. The molecular weight excluding hydrogens is 258 g/mol. The van der Waals surface area contributed by atoms with Crippen molar-refractivity contribution < 1.29 is 14.3 Å². The Morgan fingerprint density at radius 2 is 2.10 bits per heavy atom. The summed E-state index contributed by atoms with van der Waals surface area (Å²) < 4.78 is 5.13. The van der Waals surface area contributed by atoms with Crippen molar-refractivity contribution in [2.24, 2.45) is 5.73 Å². The van der Waals surface area contributed by atoms with E-state index in [0.29, 0.717) is 13.1 Å². The molecule has 0 bridgehead atoms. The Labute approximate surface area is 117 Å². The molecule has 1 aromatic rings. The fourth-order valence-corrected chi connectivity index (χ4v) is 2.17. The lowest BCUT2D eigenvalue weighted by atomic mass is 10.2. The summed E-state index contributed by atoms with van der Waals surface area (Å²) in [5, 5.41) is 2.76. The quantitative estimate of drug-likeness (QED) is 0.838. The van der Waals surface area contributed by atoms with E-state index in [1.54, 1.807) is 4.90 Å². The van der Waals surface area contributed by atoms with E-state index in [9.17, 15) is 9.59 Å². The first-order valence-corrected chi connectivity index (χ1v) is 6.64. The molecule has 2 amide bonds. The number of alkyl carbamates (subject to hydrolysis) is 1. The topological polar surface area (TPSA) is 84.7 Å². The largest absolute Gasteiger partial charge is 0.445 e. The number of hydrogen-bond acceptors (Lipinski definition) is 4. The molecule has 6 nitrogen and oxygen atoms in total. The normalized spacial score (nSPS) is 17.9. The number of amides is 2. The van der Waals surface area contributed by atoms with Crippen LogP contribution in [0.4, 0.5) is 4.79 Å². The van der Waals surface area contributed by atoms with Crippen molar-refractivity contribution in [2.45, 2.75) is 19.1 Å². The van der Waals surface area contributed by atoms with Crippen LogP contribution in [0.25, 0.3) is 0 Å². The molecule has 108 valence electrons. The Bertz CT molecular complexity index is 464. The minimum Gasteiger partial charge on any atom is -0.445 e. The van der Waals surface area contributed by atoms with Crippen LogP contribution in [0.1, 0.15) is 12.0 Å². The summed E-state index contributed by atoms with van der Waals surface area (Å²) in [5.41, 5.74) is 6.25. The second-order valence-corrected chi connectivity index (χ2v) is 4.74. The van der Waals surface area contributed by atoms with Crippen LogP contribution in [0, 0.1) is 0 Å². The summed E-state index contributed by atoms with van der Waals surface area (Å²) in [6.07, 6.45) is 0.271. The zero-order valence-corrected chi connectivity index (χ0v) is 11.2. The predicted molar refractivity (Wildman–Crippen MR) is 73.8 cm³/mol. The van der Waals surface area contributed by atoms with Crippen LogP contribution in [0.5, 0.6) is 0 Å². The zero-order chi connectivity index (χ0) is 14.4. The van der Waals surface area contributed by atoms with Gasteiger partial charge in [0.2, 0.25) is 5.91 Å². The molecule has 0 aliphatic carbocycles. The highest BCUT2D eigenvalue weighted by Gasteiger charge is 2.26. The number of nitrogens with zero attached hydrogens (tertiary/aromatic N) is 1. The predicted octanol–water partition coefficient (Wildman–Crippen LogP) is 0.472. The van der Waals surface area contributed by atoms with Crippen molar-refractivity contribution in [3.05, 3.63) is 35.9 Å².